The second-order valence-electron chi connectivity index (χ2n) is 4.20. The van der Waals surface area contributed by atoms with Crippen molar-refractivity contribution >= 4 is 5.97 Å². The van der Waals surface area contributed by atoms with Crippen LogP contribution in [0.3, 0.4) is 0 Å². The molecule has 1 aliphatic heterocycles. The van der Waals surface area contributed by atoms with Gasteiger partial charge in [0.25, 0.3) is 0 Å². The van der Waals surface area contributed by atoms with Crippen LogP contribution in [0, 0.1) is 5.92 Å². The summed E-state index contributed by atoms with van der Waals surface area (Å²) in [6.07, 6.45) is 1.01. The number of aliphatic hydroxyl groups is 2. The van der Waals surface area contributed by atoms with Crippen molar-refractivity contribution in [2.75, 3.05) is 26.2 Å². The van der Waals surface area contributed by atoms with E-state index in [4.69, 9.17) is 10.2 Å². The number of piperidine rings is 1. The number of rotatable bonds is 5. The SMILES string of the molecule is O=C(O)CC(O)CN1CCCC(CO)C1. The Kier molecular flexibility index (Phi) is 5.01. The molecule has 3 N–H and O–H groups in total. The molecule has 1 saturated heterocycles. The number of hydrogen-bond acceptors (Lipinski definition) is 4. The maximum Gasteiger partial charge on any atom is 0.306 e. The molecule has 0 saturated carbocycles. The highest BCUT2D eigenvalue weighted by Gasteiger charge is 2.21. The third kappa shape index (κ3) is 4.59. The second kappa shape index (κ2) is 6.05. The van der Waals surface area contributed by atoms with Crippen LogP contribution >= 0.6 is 0 Å². The van der Waals surface area contributed by atoms with E-state index >= 15 is 0 Å². The van der Waals surface area contributed by atoms with Crippen molar-refractivity contribution in [2.45, 2.75) is 25.4 Å². The van der Waals surface area contributed by atoms with E-state index in [1.54, 1.807) is 0 Å². The number of aliphatic hydroxyl groups excluding tert-OH is 2. The molecular weight excluding hydrogens is 198 g/mol. The zero-order valence-corrected chi connectivity index (χ0v) is 8.80. The van der Waals surface area contributed by atoms with E-state index in [9.17, 15) is 9.90 Å². The summed E-state index contributed by atoms with van der Waals surface area (Å²) in [6.45, 7) is 2.20. The van der Waals surface area contributed by atoms with Crippen LogP contribution in [0.5, 0.6) is 0 Å². The summed E-state index contributed by atoms with van der Waals surface area (Å²) in [7, 11) is 0. The molecule has 2 unspecified atom stereocenters. The Balaban J connectivity index is 2.27. The zero-order chi connectivity index (χ0) is 11.3. The third-order valence-electron chi connectivity index (χ3n) is 2.74. The Labute approximate surface area is 89.3 Å². The minimum atomic E-state index is -0.974. The fourth-order valence-corrected chi connectivity index (χ4v) is 2.03. The van der Waals surface area contributed by atoms with Crippen molar-refractivity contribution in [1.29, 1.82) is 0 Å². The van der Waals surface area contributed by atoms with E-state index < -0.39 is 12.1 Å². The monoisotopic (exact) mass is 217 g/mol. The number of carboxylic acids is 1. The van der Waals surface area contributed by atoms with Crippen molar-refractivity contribution in [2.24, 2.45) is 5.92 Å². The molecule has 0 aliphatic carbocycles. The predicted octanol–water partition coefficient (Wildman–Crippen LogP) is -0.474. The number of nitrogens with zero attached hydrogens (tertiary/aromatic N) is 1. The highest BCUT2D eigenvalue weighted by molar-refractivity contribution is 5.67. The van der Waals surface area contributed by atoms with E-state index in [1.807, 2.05) is 4.90 Å². The summed E-state index contributed by atoms with van der Waals surface area (Å²) in [5.41, 5.74) is 0. The van der Waals surface area contributed by atoms with Gasteiger partial charge < -0.3 is 20.2 Å². The molecule has 0 amide bonds. The maximum absolute atomic E-state index is 10.4. The average Bonchev–Trinajstić information content (AvgIpc) is 2.16. The highest BCUT2D eigenvalue weighted by Crippen LogP contribution is 2.16. The highest BCUT2D eigenvalue weighted by atomic mass is 16.4. The van der Waals surface area contributed by atoms with E-state index in [1.165, 1.54) is 0 Å². The van der Waals surface area contributed by atoms with Crippen molar-refractivity contribution in [3.8, 4) is 0 Å². The van der Waals surface area contributed by atoms with Gasteiger partial charge in [-0.1, -0.05) is 0 Å². The molecule has 5 heteroatoms. The van der Waals surface area contributed by atoms with Crippen LogP contribution in [-0.4, -0.2) is 58.5 Å². The number of β-amino-alcohol motifs (C(OH)–C–C–N with tert-alkyl or cyclic N) is 1. The first kappa shape index (κ1) is 12.4. The Morgan fingerprint density at radius 3 is 2.87 bits per heavy atom. The number of aliphatic carboxylic acids is 1. The summed E-state index contributed by atoms with van der Waals surface area (Å²) in [6, 6.07) is 0. The van der Waals surface area contributed by atoms with Crippen LogP contribution in [-0.2, 0) is 4.79 Å². The van der Waals surface area contributed by atoms with E-state index in [2.05, 4.69) is 0 Å². The molecule has 0 aromatic carbocycles. The quantitative estimate of drug-likeness (QED) is 0.580. The Bertz CT molecular complexity index is 210. The molecular formula is C10H19NO4. The molecule has 1 rings (SSSR count). The smallest absolute Gasteiger partial charge is 0.306 e. The molecule has 1 fully saturated rings. The molecule has 0 radical (unpaired) electrons. The maximum atomic E-state index is 10.4. The number of carbonyl (C=O) groups is 1. The molecule has 1 aliphatic rings. The molecule has 5 nitrogen and oxygen atoms in total. The van der Waals surface area contributed by atoms with Crippen molar-refractivity contribution in [3.63, 3.8) is 0 Å². The van der Waals surface area contributed by atoms with Crippen molar-refractivity contribution < 1.29 is 20.1 Å². The zero-order valence-electron chi connectivity index (χ0n) is 8.80. The molecule has 0 spiro atoms. The predicted molar refractivity (Wildman–Crippen MR) is 54.5 cm³/mol. The van der Waals surface area contributed by atoms with Crippen LogP contribution in [0.1, 0.15) is 19.3 Å². The Hall–Kier alpha value is -0.650. The Morgan fingerprint density at radius 2 is 2.27 bits per heavy atom. The molecule has 0 aromatic heterocycles. The molecule has 15 heavy (non-hydrogen) atoms. The van der Waals surface area contributed by atoms with Gasteiger partial charge in [-0.2, -0.15) is 0 Å². The van der Waals surface area contributed by atoms with Crippen LogP contribution in [0.2, 0.25) is 0 Å². The van der Waals surface area contributed by atoms with E-state index in [-0.39, 0.29) is 18.9 Å². The van der Waals surface area contributed by atoms with Gasteiger partial charge in [0.05, 0.1) is 12.5 Å². The van der Waals surface area contributed by atoms with Gasteiger partial charge in [0, 0.05) is 19.7 Å². The fourth-order valence-electron chi connectivity index (χ4n) is 2.03. The first-order valence-electron chi connectivity index (χ1n) is 5.35. The van der Waals surface area contributed by atoms with Gasteiger partial charge in [-0.15, -0.1) is 0 Å². The normalized spacial score (nSPS) is 25.1. The Morgan fingerprint density at radius 1 is 1.53 bits per heavy atom. The number of carboxylic acid groups (broad SMARTS) is 1. The average molecular weight is 217 g/mol. The molecule has 0 bridgehead atoms. The standard InChI is InChI=1S/C10H19NO4/c12-7-8-2-1-3-11(5-8)6-9(13)4-10(14)15/h8-9,12-13H,1-7H2,(H,14,15). The van der Waals surface area contributed by atoms with Gasteiger partial charge in [0.2, 0.25) is 0 Å². The minimum Gasteiger partial charge on any atom is -0.481 e. The third-order valence-corrected chi connectivity index (χ3v) is 2.74. The van der Waals surface area contributed by atoms with E-state index in [0.717, 1.165) is 25.9 Å². The fraction of sp³-hybridized carbons (Fsp3) is 0.900. The van der Waals surface area contributed by atoms with Gasteiger partial charge in [-0.25, -0.2) is 0 Å². The van der Waals surface area contributed by atoms with Crippen molar-refractivity contribution in [1.82, 2.24) is 4.90 Å². The first-order valence-corrected chi connectivity index (χ1v) is 5.35. The van der Waals surface area contributed by atoms with Crippen LogP contribution < -0.4 is 0 Å². The van der Waals surface area contributed by atoms with Crippen LogP contribution in [0.4, 0.5) is 0 Å². The molecule has 88 valence electrons. The summed E-state index contributed by atoms with van der Waals surface area (Å²) in [5.74, 6) is -0.700. The van der Waals surface area contributed by atoms with Crippen LogP contribution in [0.25, 0.3) is 0 Å². The largest absolute Gasteiger partial charge is 0.481 e. The molecule has 1 heterocycles. The lowest BCUT2D eigenvalue weighted by Gasteiger charge is -2.32. The van der Waals surface area contributed by atoms with Gasteiger partial charge in [0.15, 0.2) is 0 Å². The molecule has 2 atom stereocenters. The summed E-state index contributed by atoms with van der Waals surface area (Å²) >= 11 is 0. The second-order valence-corrected chi connectivity index (χ2v) is 4.20. The van der Waals surface area contributed by atoms with Gasteiger partial charge >= 0.3 is 5.97 Å². The van der Waals surface area contributed by atoms with E-state index in [0.29, 0.717) is 6.54 Å². The van der Waals surface area contributed by atoms with Gasteiger partial charge in [-0.05, 0) is 25.3 Å². The van der Waals surface area contributed by atoms with Gasteiger partial charge in [0.1, 0.15) is 0 Å². The lowest BCUT2D eigenvalue weighted by atomic mass is 9.98. The molecule has 0 aromatic rings. The summed E-state index contributed by atoms with van der Waals surface area (Å²) < 4.78 is 0. The topological polar surface area (TPSA) is 81.0 Å². The summed E-state index contributed by atoms with van der Waals surface area (Å²) in [4.78, 5) is 12.4. The van der Waals surface area contributed by atoms with Gasteiger partial charge in [-0.3, -0.25) is 4.79 Å². The number of likely N-dealkylation sites (tertiary alicyclic amines) is 1. The first-order chi connectivity index (χ1) is 7.11. The minimum absolute atomic E-state index is 0.172. The number of hydrogen-bond donors (Lipinski definition) is 3. The van der Waals surface area contributed by atoms with Crippen LogP contribution in [0.15, 0.2) is 0 Å². The lowest BCUT2D eigenvalue weighted by molar-refractivity contribution is -0.139. The summed E-state index contributed by atoms with van der Waals surface area (Å²) in [5, 5.41) is 26.9. The lowest BCUT2D eigenvalue weighted by Crippen LogP contribution is -2.41. The van der Waals surface area contributed by atoms with Crippen molar-refractivity contribution in [3.05, 3.63) is 0 Å².